The first-order chi connectivity index (χ1) is 7.33. The summed E-state index contributed by atoms with van der Waals surface area (Å²) in [5.41, 5.74) is 0.698. The molecule has 0 bridgehead atoms. The quantitative estimate of drug-likeness (QED) is 0.895. The van der Waals surface area contributed by atoms with Crippen LogP contribution in [0.2, 0.25) is 5.02 Å². The summed E-state index contributed by atoms with van der Waals surface area (Å²) in [7, 11) is 1.32. The third-order valence-corrected chi connectivity index (χ3v) is 2.27. The van der Waals surface area contributed by atoms with Gasteiger partial charge >= 0.3 is 6.18 Å². The van der Waals surface area contributed by atoms with Gasteiger partial charge in [0.1, 0.15) is 6.54 Å². The van der Waals surface area contributed by atoms with Crippen molar-refractivity contribution < 1.29 is 18.3 Å². The van der Waals surface area contributed by atoms with E-state index in [9.17, 15) is 13.2 Å². The average Bonchev–Trinajstić information content (AvgIpc) is 2.14. The zero-order valence-electron chi connectivity index (χ0n) is 8.55. The molecule has 0 heterocycles. The molecule has 16 heavy (non-hydrogen) atoms. The van der Waals surface area contributed by atoms with Crippen molar-refractivity contribution in [3.05, 3.63) is 28.8 Å². The molecular formula is C10H11ClF3NO. The molecule has 90 valence electrons. The van der Waals surface area contributed by atoms with E-state index in [0.717, 1.165) is 4.90 Å². The molecule has 1 aromatic carbocycles. The molecule has 0 radical (unpaired) electrons. The molecule has 1 N–H and O–H groups in total. The highest BCUT2D eigenvalue weighted by Gasteiger charge is 2.29. The lowest BCUT2D eigenvalue weighted by Crippen LogP contribution is -2.31. The van der Waals surface area contributed by atoms with Crippen molar-refractivity contribution in [1.82, 2.24) is 0 Å². The van der Waals surface area contributed by atoms with Gasteiger partial charge < -0.3 is 10.0 Å². The van der Waals surface area contributed by atoms with E-state index < -0.39 is 12.7 Å². The van der Waals surface area contributed by atoms with E-state index in [1.807, 2.05) is 0 Å². The first-order valence-electron chi connectivity index (χ1n) is 4.50. The average molecular weight is 254 g/mol. The molecule has 2 nitrogen and oxygen atoms in total. The van der Waals surface area contributed by atoms with Crippen LogP contribution in [0.15, 0.2) is 18.2 Å². The van der Waals surface area contributed by atoms with Gasteiger partial charge in [-0.05, 0) is 18.2 Å². The lowest BCUT2D eigenvalue weighted by atomic mass is 10.1. The van der Waals surface area contributed by atoms with Crippen molar-refractivity contribution in [2.75, 3.05) is 18.5 Å². The zero-order valence-corrected chi connectivity index (χ0v) is 9.31. The zero-order chi connectivity index (χ0) is 12.3. The van der Waals surface area contributed by atoms with Crippen molar-refractivity contribution in [3.63, 3.8) is 0 Å². The van der Waals surface area contributed by atoms with Gasteiger partial charge in [0.15, 0.2) is 0 Å². The molecule has 0 atom stereocenters. The van der Waals surface area contributed by atoms with Gasteiger partial charge in [0.2, 0.25) is 0 Å². The van der Waals surface area contributed by atoms with E-state index in [2.05, 4.69) is 0 Å². The molecule has 0 unspecified atom stereocenters. The van der Waals surface area contributed by atoms with Crippen molar-refractivity contribution in [2.24, 2.45) is 0 Å². The number of nitrogens with zero attached hydrogens (tertiary/aromatic N) is 1. The van der Waals surface area contributed by atoms with Gasteiger partial charge in [0.25, 0.3) is 0 Å². The normalized spacial score (nSPS) is 11.6. The fourth-order valence-corrected chi connectivity index (χ4v) is 1.60. The van der Waals surface area contributed by atoms with Gasteiger partial charge in [-0.25, -0.2) is 0 Å². The molecule has 0 fully saturated rings. The number of benzene rings is 1. The SMILES string of the molecule is CN(CC(F)(F)F)c1ccc(Cl)cc1CO. The van der Waals surface area contributed by atoms with Crippen molar-refractivity contribution >= 4 is 17.3 Å². The number of alkyl halides is 3. The summed E-state index contributed by atoms with van der Waals surface area (Å²) in [5.74, 6) is 0. The van der Waals surface area contributed by atoms with Crippen LogP contribution in [-0.2, 0) is 6.61 Å². The lowest BCUT2D eigenvalue weighted by Gasteiger charge is -2.23. The first-order valence-corrected chi connectivity index (χ1v) is 4.88. The minimum absolute atomic E-state index is 0.323. The fourth-order valence-electron chi connectivity index (χ4n) is 1.41. The van der Waals surface area contributed by atoms with E-state index in [4.69, 9.17) is 16.7 Å². The van der Waals surface area contributed by atoms with Crippen LogP contribution < -0.4 is 4.90 Å². The second-order valence-corrected chi connectivity index (χ2v) is 3.84. The molecular weight excluding hydrogens is 243 g/mol. The number of aliphatic hydroxyl groups is 1. The monoisotopic (exact) mass is 253 g/mol. The van der Waals surface area contributed by atoms with Crippen LogP contribution in [0.3, 0.4) is 0 Å². The van der Waals surface area contributed by atoms with E-state index >= 15 is 0 Å². The maximum absolute atomic E-state index is 12.2. The Hall–Kier alpha value is -0.940. The summed E-state index contributed by atoms with van der Waals surface area (Å²) >= 11 is 5.68. The highest BCUT2D eigenvalue weighted by Crippen LogP contribution is 2.26. The minimum atomic E-state index is -4.28. The molecule has 0 saturated carbocycles. The van der Waals surface area contributed by atoms with Gasteiger partial charge in [-0.1, -0.05) is 11.6 Å². The van der Waals surface area contributed by atoms with Crippen molar-refractivity contribution in [3.8, 4) is 0 Å². The van der Waals surface area contributed by atoms with Gasteiger partial charge in [-0.2, -0.15) is 13.2 Å². The van der Waals surface area contributed by atoms with Gasteiger partial charge in [0, 0.05) is 23.3 Å². The predicted octanol–water partition coefficient (Wildman–Crippen LogP) is 2.83. The molecule has 0 spiro atoms. The van der Waals surface area contributed by atoms with Crippen LogP contribution in [-0.4, -0.2) is 24.9 Å². The maximum atomic E-state index is 12.2. The molecule has 0 aliphatic rings. The number of halogens is 4. The molecule has 0 aliphatic heterocycles. The predicted molar refractivity (Wildman–Crippen MR) is 56.7 cm³/mol. The highest BCUT2D eigenvalue weighted by atomic mass is 35.5. The standard InChI is InChI=1S/C10H11ClF3NO/c1-15(6-10(12,13)14)9-3-2-8(11)4-7(9)5-16/h2-4,16H,5-6H2,1H3. The topological polar surface area (TPSA) is 23.5 Å². The Morgan fingerprint density at radius 2 is 2.00 bits per heavy atom. The second kappa shape index (κ2) is 4.93. The minimum Gasteiger partial charge on any atom is -0.392 e. The van der Waals surface area contributed by atoms with E-state index in [0.29, 0.717) is 16.3 Å². The van der Waals surface area contributed by atoms with Crippen LogP contribution in [0.25, 0.3) is 0 Å². The van der Waals surface area contributed by atoms with Crippen molar-refractivity contribution in [1.29, 1.82) is 0 Å². The third-order valence-electron chi connectivity index (χ3n) is 2.04. The largest absolute Gasteiger partial charge is 0.405 e. The number of rotatable bonds is 3. The first kappa shape index (κ1) is 13.1. The van der Waals surface area contributed by atoms with Crippen LogP contribution in [0.4, 0.5) is 18.9 Å². The molecule has 0 saturated heterocycles. The van der Waals surface area contributed by atoms with Gasteiger partial charge in [-0.3, -0.25) is 0 Å². The van der Waals surface area contributed by atoms with E-state index in [1.165, 1.54) is 25.2 Å². The summed E-state index contributed by atoms with van der Waals surface area (Å²) in [6, 6.07) is 4.40. The smallest absolute Gasteiger partial charge is 0.392 e. The Balaban J connectivity index is 2.94. The summed E-state index contributed by atoms with van der Waals surface area (Å²) < 4.78 is 36.5. The Labute approximate surface area is 96.2 Å². The van der Waals surface area contributed by atoms with Gasteiger partial charge in [-0.15, -0.1) is 0 Å². The molecule has 0 aliphatic carbocycles. The number of hydrogen-bond donors (Lipinski definition) is 1. The Morgan fingerprint density at radius 3 is 2.50 bits per heavy atom. The Kier molecular flexibility index (Phi) is 4.04. The maximum Gasteiger partial charge on any atom is 0.405 e. The Morgan fingerprint density at radius 1 is 1.38 bits per heavy atom. The highest BCUT2D eigenvalue weighted by molar-refractivity contribution is 6.30. The molecule has 0 aromatic heterocycles. The van der Waals surface area contributed by atoms with E-state index in [-0.39, 0.29) is 6.61 Å². The summed E-state index contributed by atoms with van der Waals surface area (Å²) in [6.07, 6.45) is -4.28. The summed E-state index contributed by atoms with van der Waals surface area (Å²) in [4.78, 5) is 1.03. The Bertz CT molecular complexity index is 368. The molecule has 0 amide bonds. The number of hydrogen-bond acceptors (Lipinski definition) is 2. The van der Waals surface area contributed by atoms with Crippen molar-refractivity contribution in [2.45, 2.75) is 12.8 Å². The fraction of sp³-hybridized carbons (Fsp3) is 0.400. The van der Waals surface area contributed by atoms with E-state index in [1.54, 1.807) is 0 Å². The van der Waals surface area contributed by atoms with Crippen LogP contribution >= 0.6 is 11.6 Å². The number of anilines is 1. The lowest BCUT2D eigenvalue weighted by molar-refractivity contribution is -0.119. The molecule has 1 aromatic rings. The summed E-state index contributed by atoms with van der Waals surface area (Å²) in [5, 5.41) is 9.41. The molecule has 6 heteroatoms. The van der Waals surface area contributed by atoms with Crippen LogP contribution in [0.5, 0.6) is 0 Å². The van der Waals surface area contributed by atoms with Gasteiger partial charge in [0.05, 0.1) is 6.61 Å². The second-order valence-electron chi connectivity index (χ2n) is 3.40. The van der Waals surface area contributed by atoms with Crippen LogP contribution in [0, 0.1) is 0 Å². The summed E-state index contributed by atoms with van der Waals surface area (Å²) in [6.45, 7) is -1.42. The molecule has 1 rings (SSSR count). The number of aliphatic hydroxyl groups excluding tert-OH is 1. The third kappa shape index (κ3) is 3.57. The van der Waals surface area contributed by atoms with Crippen LogP contribution in [0.1, 0.15) is 5.56 Å².